The van der Waals surface area contributed by atoms with E-state index < -0.39 is 0 Å². The number of thioether (sulfide) groups is 1. The van der Waals surface area contributed by atoms with Crippen molar-refractivity contribution < 1.29 is 4.79 Å². The molecule has 0 spiro atoms. The maximum Gasteiger partial charge on any atom is 0.191 e. The number of ketones is 1. The molecule has 3 rings (SSSR count). The number of rotatable bonds is 5. The van der Waals surface area contributed by atoms with Gasteiger partial charge in [-0.15, -0.1) is 21.5 Å². The highest BCUT2D eigenvalue weighted by Crippen LogP contribution is 2.29. The van der Waals surface area contributed by atoms with Crippen molar-refractivity contribution in [1.82, 2.24) is 14.8 Å². The van der Waals surface area contributed by atoms with Crippen LogP contribution in [0.5, 0.6) is 0 Å². The van der Waals surface area contributed by atoms with E-state index in [0.29, 0.717) is 5.75 Å². The van der Waals surface area contributed by atoms with Gasteiger partial charge < -0.3 is 4.57 Å². The first kappa shape index (κ1) is 16.9. The van der Waals surface area contributed by atoms with Gasteiger partial charge in [-0.3, -0.25) is 4.79 Å². The highest BCUT2D eigenvalue weighted by atomic mass is 79.9. The van der Waals surface area contributed by atoms with Crippen LogP contribution in [0.1, 0.15) is 9.67 Å². The minimum absolute atomic E-state index is 0.0936. The Morgan fingerprint density at radius 1 is 1.22 bits per heavy atom. The Hall–Kier alpha value is -0.960. The molecule has 0 fully saturated rings. The molecule has 2 aromatic heterocycles. The Bertz CT molecular complexity index is 860. The van der Waals surface area contributed by atoms with Crippen LogP contribution in [0, 0.1) is 0 Å². The van der Waals surface area contributed by atoms with Gasteiger partial charge in [0.25, 0.3) is 0 Å². The smallest absolute Gasteiger partial charge is 0.191 e. The molecule has 8 heteroatoms. The first-order valence-corrected chi connectivity index (χ1v) is 10.0. The van der Waals surface area contributed by atoms with E-state index in [4.69, 9.17) is 0 Å². The molecular weight excluding hydrogens is 462 g/mol. The van der Waals surface area contributed by atoms with Crippen LogP contribution in [-0.2, 0) is 7.05 Å². The molecule has 0 saturated heterocycles. The number of hydrogen-bond acceptors (Lipinski definition) is 5. The molecule has 4 nitrogen and oxygen atoms in total. The Morgan fingerprint density at radius 2 is 2.00 bits per heavy atom. The molecule has 0 aliphatic carbocycles. The van der Waals surface area contributed by atoms with Crippen molar-refractivity contribution in [3.05, 3.63) is 49.5 Å². The number of hydrogen-bond donors (Lipinski definition) is 0. The standard InChI is InChI=1S/C15H11Br2N3OS2/c1-20-14(9-4-2-3-5-10(9)16)18-19-15(20)22-8-11(21)12-6-7-13(17)23-12/h2-7H,8H2,1H3. The summed E-state index contributed by atoms with van der Waals surface area (Å²) in [6, 6.07) is 11.6. The normalized spacial score (nSPS) is 10.9. The minimum atomic E-state index is 0.0936. The van der Waals surface area contributed by atoms with Gasteiger partial charge in [-0.05, 0) is 34.1 Å². The van der Waals surface area contributed by atoms with Crippen LogP contribution in [0.15, 0.2) is 49.8 Å². The zero-order chi connectivity index (χ0) is 16.4. The van der Waals surface area contributed by atoms with Gasteiger partial charge in [0.2, 0.25) is 0 Å². The van der Waals surface area contributed by atoms with Crippen LogP contribution in [-0.4, -0.2) is 26.3 Å². The number of thiophene rings is 1. The van der Waals surface area contributed by atoms with E-state index in [1.165, 1.54) is 23.1 Å². The van der Waals surface area contributed by atoms with Crippen LogP contribution in [0.3, 0.4) is 0 Å². The Balaban J connectivity index is 1.75. The molecule has 2 heterocycles. The molecule has 0 radical (unpaired) electrons. The number of aromatic nitrogens is 3. The second-order valence-electron chi connectivity index (χ2n) is 4.66. The maximum atomic E-state index is 12.2. The Labute approximate surface area is 158 Å². The van der Waals surface area contributed by atoms with Gasteiger partial charge in [0.15, 0.2) is 16.8 Å². The van der Waals surface area contributed by atoms with Crippen molar-refractivity contribution in [3.8, 4) is 11.4 Å². The molecule has 0 saturated carbocycles. The highest BCUT2D eigenvalue weighted by molar-refractivity contribution is 9.11. The number of benzene rings is 1. The summed E-state index contributed by atoms with van der Waals surface area (Å²) in [5.74, 6) is 1.21. The van der Waals surface area contributed by atoms with Gasteiger partial charge in [-0.25, -0.2) is 0 Å². The van der Waals surface area contributed by atoms with Crippen molar-refractivity contribution in [3.63, 3.8) is 0 Å². The van der Waals surface area contributed by atoms with E-state index in [9.17, 15) is 4.79 Å². The van der Waals surface area contributed by atoms with Crippen molar-refractivity contribution in [2.24, 2.45) is 7.05 Å². The summed E-state index contributed by atoms with van der Waals surface area (Å²) < 4.78 is 3.83. The van der Waals surface area contributed by atoms with Crippen LogP contribution in [0.4, 0.5) is 0 Å². The summed E-state index contributed by atoms with van der Waals surface area (Å²) in [5, 5.41) is 9.17. The molecule has 1 aromatic carbocycles. The lowest BCUT2D eigenvalue weighted by atomic mass is 10.2. The molecule has 0 aliphatic rings. The summed E-state index contributed by atoms with van der Waals surface area (Å²) in [4.78, 5) is 12.9. The van der Waals surface area contributed by atoms with Gasteiger partial charge >= 0.3 is 0 Å². The third-order valence-electron chi connectivity index (χ3n) is 3.13. The molecule has 0 atom stereocenters. The minimum Gasteiger partial charge on any atom is -0.305 e. The maximum absolute atomic E-state index is 12.2. The summed E-state index contributed by atoms with van der Waals surface area (Å²) in [7, 11) is 1.91. The molecule has 0 aliphatic heterocycles. The lowest BCUT2D eigenvalue weighted by Crippen LogP contribution is -2.02. The van der Waals surface area contributed by atoms with Crippen LogP contribution < -0.4 is 0 Å². The molecular formula is C15H11Br2N3OS2. The predicted octanol–water partition coefficient (Wildman–Crippen LogP) is 5.04. The lowest BCUT2D eigenvalue weighted by molar-refractivity contribution is 0.102. The van der Waals surface area contributed by atoms with E-state index in [-0.39, 0.29) is 5.78 Å². The SMILES string of the molecule is Cn1c(SCC(=O)c2ccc(Br)s2)nnc1-c1ccccc1Br. The van der Waals surface area contributed by atoms with Crippen molar-refractivity contribution in [2.75, 3.05) is 5.75 Å². The Kier molecular flexibility index (Phi) is 5.35. The van der Waals surface area contributed by atoms with Gasteiger partial charge in [0.1, 0.15) is 0 Å². The van der Waals surface area contributed by atoms with Crippen molar-refractivity contribution in [1.29, 1.82) is 0 Å². The molecule has 23 heavy (non-hydrogen) atoms. The second kappa shape index (κ2) is 7.29. The number of Topliss-reactive ketones (excluding diaryl/α,β-unsaturated/α-hetero) is 1. The molecule has 0 unspecified atom stereocenters. The molecule has 3 aromatic rings. The topological polar surface area (TPSA) is 47.8 Å². The summed E-state index contributed by atoms with van der Waals surface area (Å²) >= 11 is 9.74. The summed E-state index contributed by atoms with van der Waals surface area (Å²) in [5.41, 5.74) is 0.975. The largest absolute Gasteiger partial charge is 0.305 e. The van der Waals surface area contributed by atoms with Gasteiger partial charge in [-0.2, -0.15) is 0 Å². The quantitative estimate of drug-likeness (QED) is 0.385. The molecule has 118 valence electrons. The number of nitrogens with zero attached hydrogens (tertiary/aromatic N) is 3. The predicted molar refractivity (Wildman–Crippen MR) is 101 cm³/mol. The fourth-order valence-electron chi connectivity index (χ4n) is 1.98. The fraction of sp³-hybridized carbons (Fsp3) is 0.133. The van der Waals surface area contributed by atoms with Crippen LogP contribution >= 0.6 is 55.0 Å². The average molecular weight is 473 g/mol. The van der Waals surface area contributed by atoms with E-state index >= 15 is 0 Å². The number of carbonyl (C=O) groups is 1. The number of halogens is 2. The zero-order valence-corrected chi connectivity index (χ0v) is 16.8. The summed E-state index contributed by atoms with van der Waals surface area (Å²) in [6.07, 6.45) is 0. The molecule has 0 N–H and O–H groups in total. The third-order valence-corrected chi connectivity index (χ3v) is 6.51. The van der Waals surface area contributed by atoms with Gasteiger partial charge in [-0.1, -0.05) is 45.9 Å². The van der Waals surface area contributed by atoms with Crippen LogP contribution in [0.25, 0.3) is 11.4 Å². The highest BCUT2D eigenvalue weighted by Gasteiger charge is 2.15. The first-order chi connectivity index (χ1) is 11.1. The molecule has 0 amide bonds. The lowest BCUT2D eigenvalue weighted by Gasteiger charge is -2.05. The van der Waals surface area contributed by atoms with Crippen molar-refractivity contribution in [2.45, 2.75) is 5.16 Å². The second-order valence-corrected chi connectivity index (χ2v) is 8.92. The van der Waals surface area contributed by atoms with E-state index in [2.05, 4.69) is 42.1 Å². The number of carbonyl (C=O) groups excluding carboxylic acids is 1. The summed E-state index contributed by atoms with van der Waals surface area (Å²) in [6.45, 7) is 0. The average Bonchev–Trinajstić information content (AvgIpc) is 3.12. The van der Waals surface area contributed by atoms with E-state index in [0.717, 1.165) is 29.7 Å². The van der Waals surface area contributed by atoms with Gasteiger partial charge in [0.05, 0.1) is 14.4 Å². The zero-order valence-electron chi connectivity index (χ0n) is 12.0. The van der Waals surface area contributed by atoms with Crippen molar-refractivity contribution >= 4 is 60.7 Å². The Morgan fingerprint density at radius 3 is 2.70 bits per heavy atom. The van der Waals surface area contributed by atoms with E-state index in [1.807, 2.05) is 48.0 Å². The first-order valence-electron chi connectivity index (χ1n) is 6.62. The third kappa shape index (κ3) is 3.76. The van der Waals surface area contributed by atoms with Gasteiger partial charge in [0, 0.05) is 17.1 Å². The van der Waals surface area contributed by atoms with Crippen LogP contribution in [0.2, 0.25) is 0 Å². The molecule has 0 bridgehead atoms. The monoisotopic (exact) mass is 471 g/mol. The fourth-order valence-corrected chi connectivity index (χ4v) is 4.65. The van der Waals surface area contributed by atoms with E-state index in [1.54, 1.807) is 0 Å².